The van der Waals surface area contributed by atoms with Crippen molar-refractivity contribution in [1.29, 1.82) is 0 Å². The largest absolute Gasteiger partial charge is 0.464 e. The number of hydrogen-bond donors (Lipinski definition) is 0. The van der Waals surface area contributed by atoms with Crippen LogP contribution in [0.3, 0.4) is 0 Å². The lowest BCUT2D eigenvalue weighted by Gasteiger charge is -2.33. The summed E-state index contributed by atoms with van der Waals surface area (Å²) in [5.74, 6) is -0.203. The van der Waals surface area contributed by atoms with E-state index in [1.165, 1.54) is 6.07 Å². The van der Waals surface area contributed by atoms with E-state index < -0.39 is 0 Å². The molecule has 17 heavy (non-hydrogen) atoms. The van der Waals surface area contributed by atoms with E-state index in [-0.39, 0.29) is 11.9 Å². The first-order valence-corrected chi connectivity index (χ1v) is 5.81. The maximum absolute atomic E-state index is 13.0. The van der Waals surface area contributed by atoms with Gasteiger partial charge in [0.15, 0.2) is 0 Å². The Hall–Kier alpha value is -1.58. The maximum atomic E-state index is 13.0. The molecular formula is C13H16FNO2. The molecule has 0 saturated carbocycles. The fourth-order valence-corrected chi connectivity index (χ4v) is 2.29. The number of anilines is 1. The third kappa shape index (κ3) is 2.75. The number of benzene rings is 1. The molecule has 0 spiro atoms. The number of piperidine rings is 1. The average Bonchev–Trinajstić information content (AvgIpc) is 2.31. The second-order valence-corrected chi connectivity index (χ2v) is 4.35. The second kappa shape index (κ2) is 5.17. The van der Waals surface area contributed by atoms with E-state index in [4.69, 9.17) is 4.74 Å². The molecule has 2 rings (SSSR count). The van der Waals surface area contributed by atoms with Crippen molar-refractivity contribution in [2.75, 3.05) is 18.0 Å². The summed E-state index contributed by atoms with van der Waals surface area (Å²) >= 11 is 0. The Kier molecular flexibility index (Phi) is 3.61. The van der Waals surface area contributed by atoms with E-state index in [0.717, 1.165) is 37.2 Å². The molecule has 0 bridgehead atoms. The van der Waals surface area contributed by atoms with Gasteiger partial charge in [0.05, 0.1) is 0 Å². The van der Waals surface area contributed by atoms with Gasteiger partial charge in [-0.25, -0.2) is 4.39 Å². The zero-order valence-electron chi connectivity index (χ0n) is 9.86. The Morgan fingerprint density at radius 1 is 1.41 bits per heavy atom. The molecule has 1 aliphatic heterocycles. The van der Waals surface area contributed by atoms with Gasteiger partial charge in [0.25, 0.3) is 6.47 Å². The van der Waals surface area contributed by atoms with Crippen LogP contribution in [0.2, 0.25) is 0 Å². The Labute approximate surface area is 100 Å². The highest BCUT2D eigenvalue weighted by atomic mass is 19.1. The van der Waals surface area contributed by atoms with Gasteiger partial charge in [0, 0.05) is 31.6 Å². The molecule has 4 heteroatoms. The third-order valence-electron chi connectivity index (χ3n) is 3.19. The highest BCUT2D eigenvalue weighted by Crippen LogP contribution is 2.25. The Bertz CT molecular complexity index is 400. The summed E-state index contributed by atoms with van der Waals surface area (Å²) in [4.78, 5) is 12.4. The van der Waals surface area contributed by atoms with E-state index in [9.17, 15) is 9.18 Å². The quantitative estimate of drug-likeness (QED) is 0.755. The molecule has 0 unspecified atom stereocenters. The average molecular weight is 237 g/mol. The molecule has 92 valence electrons. The number of halogens is 1. The summed E-state index contributed by atoms with van der Waals surface area (Å²) in [6.45, 7) is 4.10. The van der Waals surface area contributed by atoms with Gasteiger partial charge >= 0.3 is 0 Å². The van der Waals surface area contributed by atoms with Crippen molar-refractivity contribution in [3.63, 3.8) is 0 Å². The molecule has 1 saturated heterocycles. The predicted molar refractivity (Wildman–Crippen MR) is 63.5 cm³/mol. The molecule has 0 aliphatic carbocycles. The van der Waals surface area contributed by atoms with Crippen molar-refractivity contribution in [1.82, 2.24) is 0 Å². The topological polar surface area (TPSA) is 29.5 Å². The molecule has 3 nitrogen and oxygen atoms in total. The summed E-state index contributed by atoms with van der Waals surface area (Å²) in [5, 5.41) is 0. The van der Waals surface area contributed by atoms with Crippen molar-refractivity contribution in [3.05, 3.63) is 29.6 Å². The number of hydrogen-bond acceptors (Lipinski definition) is 3. The maximum Gasteiger partial charge on any atom is 0.293 e. The fourth-order valence-electron chi connectivity index (χ4n) is 2.29. The van der Waals surface area contributed by atoms with Crippen LogP contribution < -0.4 is 4.90 Å². The normalized spacial score (nSPS) is 16.9. The van der Waals surface area contributed by atoms with E-state index in [0.29, 0.717) is 6.47 Å². The molecular weight excluding hydrogens is 221 g/mol. The van der Waals surface area contributed by atoms with E-state index in [1.807, 2.05) is 13.0 Å². The molecule has 1 aliphatic rings. The van der Waals surface area contributed by atoms with Crippen molar-refractivity contribution < 1.29 is 13.9 Å². The minimum absolute atomic E-state index is 0.0319. The summed E-state index contributed by atoms with van der Waals surface area (Å²) in [6.07, 6.45) is 1.69. The van der Waals surface area contributed by atoms with Gasteiger partial charge in [-0.2, -0.15) is 0 Å². The summed E-state index contributed by atoms with van der Waals surface area (Å²) in [6, 6.07) is 4.84. The summed E-state index contributed by atoms with van der Waals surface area (Å²) in [5.41, 5.74) is 2.01. The predicted octanol–water partition coefficient (Wildman–Crippen LogP) is 2.28. The number of rotatable bonds is 3. The lowest BCUT2D eigenvalue weighted by atomic mass is 10.1. The minimum Gasteiger partial charge on any atom is -0.464 e. The van der Waals surface area contributed by atoms with Gasteiger partial charge in [-0.3, -0.25) is 4.79 Å². The first kappa shape index (κ1) is 11.9. The molecule has 0 aromatic heterocycles. The van der Waals surface area contributed by atoms with Crippen LogP contribution in [0.5, 0.6) is 0 Å². The molecule has 0 N–H and O–H groups in total. The van der Waals surface area contributed by atoms with E-state index >= 15 is 0 Å². The first-order valence-electron chi connectivity index (χ1n) is 5.81. The Morgan fingerprint density at radius 2 is 2.12 bits per heavy atom. The summed E-state index contributed by atoms with van der Waals surface area (Å²) < 4.78 is 17.9. The van der Waals surface area contributed by atoms with Gasteiger partial charge in [0.2, 0.25) is 0 Å². The number of carbonyl (C=O) groups is 1. The van der Waals surface area contributed by atoms with E-state index in [2.05, 4.69) is 4.90 Å². The Balaban J connectivity index is 2.02. The van der Waals surface area contributed by atoms with Crippen molar-refractivity contribution in [2.45, 2.75) is 25.9 Å². The van der Waals surface area contributed by atoms with E-state index in [1.54, 1.807) is 6.07 Å². The van der Waals surface area contributed by atoms with Crippen LogP contribution in [-0.4, -0.2) is 25.7 Å². The van der Waals surface area contributed by atoms with Gasteiger partial charge in [-0.1, -0.05) is 0 Å². The highest BCUT2D eigenvalue weighted by molar-refractivity contribution is 5.53. The van der Waals surface area contributed by atoms with Crippen LogP contribution in [0.1, 0.15) is 18.4 Å². The monoisotopic (exact) mass is 237 g/mol. The molecule has 1 aromatic carbocycles. The zero-order valence-corrected chi connectivity index (χ0v) is 9.86. The fraction of sp³-hybridized carbons (Fsp3) is 0.462. The van der Waals surface area contributed by atoms with Gasteiger partial charge in [0.1, 0.15) is 11.9 Å². The van der Waals surface area contributed by atoms with Crippen molar-refractivity contribution in [2.24, 2.45) is 0 Å². The summed E-state index contributed by atoms with van der Waals surface area (Å²) in [7, 11) is 0. The van der Waals surface area contributed by atoms with Crippen LogP contribution >= 0.6 is 0 Å². The Morgan fingerprint density at radius 3 is 2.71 bits per heavy atom. The lowest BCUT2D eigenvalue weighted by Crippen LogP contribution is -2.37. The highest BCUT2D eigenvalue weighted by Gasteiger charge is 2.21. The van der Waals surface area contributed by atoms with Gasteiger partial charge < -0.3 is 9.64 Å². The molecule has 0 atom stereocenters. The van der Waals surface area contributed by atoms with Crippen LogP contribution in [-0.2, 0) is 9.53 Å². The van der Waals surface area contributed by atoms with Gasteiger partial charge in [-0.15, -0.1) is 0 Å². The molecule has 1 aromatic rings. The van der Waals surface area contributed by atoms with Crippen LogP contribution in [0, 0.1) is 12.7 Å². The second-order valence-electron chi connectivity index (χ2n) is 4.35. The van der Waals surface area contributed by atoms with Crippen LogP contribution in [0.25, 0.3) is 0 Å². The third-order valence-corrected chi connectivity index (χ3v) is 3.19. The zero-order chi connectivity index (χ0) is 12.3. The van der Waals surface area contributed by atoms with Crippen LogP contribution in [0.15, 0.2) is 18.2 Å². The van der Waals surface area contributed by atoms with Crippen molar-refractivity contribution in [3.8, 4) is 0 Å². The minimum atomic E-state index is -0.203. The SMILES string of the molecule is Cc1cc(F)ccc1N1CCC(OC=O)CC1. The molecule has 1 fully saturated rings. The molecule has 0 radical (unpaired) electrons. The first-order chi connectivity index (χ1) is 8.20. The smallest absolute Gasteiger partial charge is 0.293 e. The van der Waals surface area contributed by atoms with Crippen molar-refractivity contribution >= 4 is 12.2 Å². The number of aryl methyl sites for hydroxylation is 1. The molecule has 0 amide bonds. The molecule has 1 heterocycles. The lowest BCUT2D eigenvalue weighted by molar-refractivity contribution is -0.134. The standard InChI is InChI=1S/C13H16FNO2/c1-10-8-11(14)2-3-13(10)15-6-4-12(5-7-15)17-9-16/h2-3,8-9,12H,4-7H2,1H3. The van der Waals surface area contributed by atoms with Crippen LogP contribution in [0.4, 0.5) is 10.1 Å². The number of ether oxygens (including phenoxy) is 1. The van der Waals surface area contributed by atoms with Gasteiger partial charge in [-0.05, 0) is 30.7 Å². The number of carbonyl (C=O) groups excluding carboxylic acids is 1. The number of nitrogens with zero attached hydrogens (tertiary/aromatic N) is 1.